The van der Waals surface area contributed by atoms with Crippen molar-refractivity contribution in [3.8, 4) is 0 Å². The molecule has 0 amide bonds. The minimum Gasteiger partial charge on any atom is -0.317 e. The molecule has 0 saturated carbocycles. The molecule has 1 aromatic rings. The van der Waals surface area contributed by atoms with Crippen LogP contribution in [0.5, 0.6) is 0 Å². The van der Waals surface area contributed by atoms with E-state index in [0.29, 0.717) is 6.04 Å². The minimum absolute atomic E-state index is 0.128. The third kappa shape index (κ3) is 4.02. The van der Waals surface area contributed by atoms with Crippen LogP contribution in [0.3, 0.4) is 0 Å². The zero-order chi connectivity index (χ0) is 14.5. The molecule has 1 unspecified atom stereocenters. The third-order valence-electron chi connectivity index (χ3n) is 4.87. The van der Waals surface area contributed by atoms with E-state index in [1.807, 2.05) is 6.07 Å². The van der Waals surface area contributed by atoms with Crippen LogP contribution >= 0.6 is 0 Å². The van der Waals surface area contributed by atoms with Crippen molar-refractivity contribution in [1.82, 2.24) is 15.5 Å². The Morgan fingerprint density at radius 3 is 2.81 bits per heavy atom. The summed E-state index contributed by atoms with van der Waals surface area (Å²) in [6.45, 7) is 6.49. The molecular formula is C17H26FN3. The Bertz CT molecular complexity index is 445. The zero-order valence-electron chi connectivity index (χ0n) is 12.7. The highest BCUT2D eigenvalue weighted by atomic mass is 19.1. The maximum absolute atomic E-state index is 13.5. The molecule has 0 spiro atoms. The van der Waals surface area contributed by atoms with Crippen molar-refractivity contribution in [3.63, 3.8) is 0 Å². The molecule has 3 nitrogen and oxygen atoms in total. The van der Waals surface area contributed by atoms with E-state index in [9.17, 15) is 4.39 Å². The second-order valence-corrected chi connectivity index (χ2v) is 6.29. The van der Waals surface area contributed by atoms with Crippen molar-refractivity contribution in [2.75, 3.05) is 39.3 Å². The van der Waals surface area contributed by atoms with Crippen LogP contribution in [0.4, 0.5) is 4.39 Å². The Kier molecular flexibility index (Phi) is 5.22. The first-order valence-corrected chi connectivity index (χ1v) is 8.24. The summed E-state index contributed by atoms with van der Waals surface area (Å²) in [7, 11) is 0. The van der Waals surface area contributed by atoms with E-state index in [-0.39, 0.29) is 5.82 Å². The maximum Gasteiger partial charge on any atom is 0.123 e. The van der Waals surface area contributed by atoms with Gasteiger partial charge >= 0.3 is 0 Å². The van der Waals surface area contributed by atoms with Crippen LogP contribution in [0.15, 0.2) is 24.3 Å². The Morgan fingerprint density at radius 2 is 2.00 bits per heavy atom. The van der Waals surface area contributed by atoms with Gasteiger partial charge in [0.1, 0.15) is 5.82 Å². The lowest BCUT2D eigenvalue weighted by molar-refractivity contribution is 0.146. The second kappa shape index (κ2) is 7.34. The van der Waals surface area contributed by atoms with Gasteiger partial charge in [0, 0.05) is 25.7 Å². The summed E-state index contributed by atoms with van der Waals surface area (Å²) in [6, 6.07) is 7.41. The zero-order valence-corrected chi connectivity index (χ0v) is 12.7. The molecule has 0 radical (unpaired) electrons. The highest BCUT2D eigenvalue weighted by Crippen LogP contribution is 2.25. The normalized spacial score (nSPS) is 25.1. The average molecular weight is 291 g/mol. The lowest BCUT2D eigenvalue weighted by Crippen LogP contribution is -2.46. The number of halogens is 1. The summed E-state index contributed by atoms with van der Waals surface area (Å²) in [6.07, 6.45) is 3.88. The van der Waals surface area contributed by atoms with Crippen LogP contribution in [0.1, 0.15) is 30.9 Å². The summed E-state index contributed by atoms with van der Waals surface area (Å²) in [5, 5.41) is 6.87. The quantitative estimate of drug-likeness (QED) is 0.890. The molecular weight excluding hydrogens is 265 g/mol. The molecule has 2 saturated heterocycles. The van der Waals surface area contributed by atoms with Gasteiger partial charge in [-0.15, -0.1) is 0 Å². The van der Waals surface area contributed by atoms with Gasteiger partial charge < -0.3 is 10.6 Å². The van der Waals surface area contributed by atoms with Gasteiger partial charge in [-0.2, -0.15) is 0 Å². The number of hydrogen-bond acceptors (Lipinski definition) is 3. The smallest absolute Gasteiger partial charge is 0.123 e. The van der Waals surface area contributed by atoms with E-state index in [0.717, 1.165) is 37.7 Å². The predicted molar refractivity (Wildman–Crippen MR) is 83.8 cm³/mol. The van der Waals surface area contributed by atoms with E-state index >= 15 is 0 Å². The lowest BCUT2D eigenvalue weighted by atomic mass is 9.93. The third-order valence-corrected chi connectivity index (χ3v) is 4.87. The maximum atomic E-state index is 13.5. The van der Waals surface area contributed by atoms with Gasteiger partial charge in [0.15, 0.2) is 0 Å². The van der Waals surface area contributed by atoms with Crippen LogP contribution in [0, 0.1) is 11.7 Å². The van der Waals surface area contributed by atoms with Crippen molar-refractivity contribution >= 4 is 0 Å². The van der Waals surface area contributed by atoms with E-state index in [1.165, 1.54) is 38.4 Å². The largest absolute Gasteiger partial charge is 0.317 e. The molecule has 2 fully saturated rings. The predicted octanol–water partition coefficient (Wildman–Crippen LogP) is 2.16. The highest BCUT2D eigenvalue weighted by molar-refractivity contribution is 5.21. The molecule has 21 heavy (non-hydrogen) atoms. The fourth-order valence-corrected chi connectivity index (χ4v) is 3.58. The number of rotatable bonds is 4. The van der Waals surface area contributed by atoms with E-state index in [2.05, 4.69) is 21.6 Å². The van der Waals surface area contributed by atoms with Crippen molar-refractivity contribution in [1.29, 1.82) is 0 Å². The first kappa shape index (κ1) is 14.9. The summed E-state index contributed by atoms with van der Waals surface area (Å²) >= 11 is 0. The molecule has 2 aliphatic rings. The molecule has 0 aliphatic carbocycles. The number of hydrogen-bond donors (Lipinski definition) is 2. The van der Waals surface area contributed by atoms with Crippen LogP contribution in [-0.2, 0) is 0 Å². The molecule has 2 aliphatic heterocycles. The number of benzene rings is 1. The Balaban J connectivity index is 1.61. The van der Waals surface area contributed by atoms with Gasteiger partial charge in [-0.25, -0.2) is 4.39 Å². The Labute approximate surface area is 126 Å². The lowest BCUT2D eigenvalue weighted by Gasteiger charge is -2.37. The van der Waals surface area contributed by atoms with Gasteiger partial charge in [-0.05, 0) is 62.5 Å². The van der Waals surface area contributed by atoms with Gasteiger partial charge in [0.05, 0.1) is 0 Å². The van der Waals surface area contributed by atoms with Crippen molar-refractivity contribution < 1.29 is 4.39 Å². The summed E-state index contributed by atoms with van der Waals surface area (Å²) in [4.78, 5) is 2.54. The van der Waals surface area contributed by atoms with E-state index < -0.39 is 0 Å². The first-order chi connectivity index (χ1) is 10.3. The standard InChI is InChI=1S/C17H26FN3/c18-16-3-1-2-15(12-16)17-13-20-9-11-21(17)10-6-14-4-7-19-8-5-14/h1-3,12,14,17,19-20H,4-11,13H2. The van der Waals surface area contributed by atoms with Crippen molar-refractivity contribution in [2.45, 2.75) is 25.3 Å². The number of piperidine rings is 1. The van der Waals surface area contributed by atoms with Gasteiger partial charge in [-0.3, -0.25) is 4.90 Å². The molecule has 4 heteroatoms. The topological polar surface area (TPSA) is 27.3 Å². The number of piperazine rings is 1. The first-order valence-electron chi connectivity index (χ1n) is 8.24. The molecule has 2 heterocycles. The van der Waals surface area contributed by atoms with Gasteiger partial charge in [0.2, 0.25) is 0 Å². The molecule has 2 N–H and O–H groups in total. The van der Waals surface area contributed by atoms with Crippen LogP contribution in [-0.4, -0.2) is 44.2 Å². The molecule has 0 bridgehead atoms. The number of nitrogens with one attached hydrogen (secondary N) is 2. The Hall–Kier alpha value is -0.970. The van der Waals surface area contributed by atoms with Crippen LogP contribution in [0.2, 0.25) is 0 Å². The number of nitrogens with zero attached hydrogens (tertiary/aromatic N) is 1. The molecule has 1 aromatic carbocycles. The molecule has 1 atom stereocenters. The van der Waals surface area contributed by atoms with Crippen molar-refractivity contribution in [2.24, 2.45) is 5.92 Å². The second-order valence-electron chi connectivity index (χ2n) is 6.29. The average Bonchev–Trinajstić information content (AvgIpc) is 2.54. The fraction of sp³-hybridized carbons (Fsp3) is 0.647. The fourth-order valence-electron chi connectivity index (χ4n) is 3.58. The van der Waals surface area contributed by atoms with Gasteiger partial charge in [0.25, 0.3) is 0 Å². The summed E-state index contributed by atoms with van der Waals surface area (Å²) in [5.41, 5.74) is 1.10. The SMILES string of the molecule is Fc1cccc(C2CNCCN2CCC2CCNCC2)c1. The molecule has 0 aromatic heterocycles. The summed E-state index contributed by atoms with van der Waals surface area (Å²) in [5.74, 6) is 0.727. The minimum atomic E-state index is -0.128. The monoisotopic (exact) mass is 291 g/mol. The Morgan fingerprint density at radius 1 is 1.14 bits per heavy atom. The highest BCUT2D eigenvalue weighted by Gasteiger charge is 2.24. The molecule has 116 valence electrons. The summed E-state index contributed by atoms with van der Waals surface area (Å²) < 4.78 is 13.5. The van der Waals surface area contributed by atoms with Gasteiger partial charge in [-0.1, -0.05) is 12.1 Å². The molecule has 3 rings (SSSR count). The van der Waals surface area contributed by atoms with Crippen molar-refractivity contribution in [3.05, 3.63) is 35.6 Å². The van der Waals surface area contributed by atoms with E-state index in [1.54, 1.807) is 6.07 Å². The van der Waals surface area contributed by atoms with Crippen LogP contribution in [0.25, 0.3) is 0 Å². The van der Waals surface area contributed by atoms with E-state index in [4.69, 9.17) is 0 Å². The van der Waals surface area contributed by atoms with Crippen LogP contribution < -0.4 is 10.6 Å².